The number of nitrogens with zero attached hydrogens (tertiary/aromatic N) is 4. The number of thiazole rings is 1. The van der Waals surface area contributed by atoms with Crippen LogP contribution in [0.15, 0.2) is 24.3 Å². The summed E-state index contributed by atoms with van der Waals surface area (Å²) in [5.74, 6) is 0. The van der Waals surface area contributed by atoms with Crippen LogP contribution >= 0.6 is 11.3 Å². The molecule has 0 aliphatic carbocycles. The summed E-state index contributed by atoms with van der Waals surface area (Å²) in [4.78, 5) is 9.53. The molecule has 0 radical (unpaired) electrons. The average molecular weight is 286 g/mol. The standard InChI is InChI=1S/C15H18N4S/c16-6-3-7-18-8-10-19(11-9-18)12-15-17-13-4-1-2-5-14(13)20-15/h1-2,4-5H,3,7-12H2. The predicted octanol–water partition coefficient (Wildman–Crippen LogP) is 2.33. The Labute approximate surface area is 123 Å². The Kier molecular flexibility index (Phi) is 4.26. The quantitative estimate of drug-likeness (QED) is 0.865. The van der Waals surface area contributed by atoms with E-state index < -0.39 is 0 Å². The van der Waals surface area contributed by atoms with Crippen LogP contribution in [0.25, 0.3) is 10.2 Å². The highest BCUT2D eigenvalue weighted by Gasteiger charge is 2.17. The molecule has 0 N–H and O–H groups in total. The summed E-state index contributed by atoms with van der Waals surface area (Å²) >= 11 is 1.80. The summed E-state index contributed by atoms with van der Waals surface area (Å²) in [5, 5.41) is 9.82. The average Bonchev–Trinajstić information content (AvgIpc) is 2.89. The number of fused-ring (bicyclic) bond motifs is 1. The zero-order valence-corrected chi connectivity index (χ0v) is 12.3. The van der Waals surface area contributed by atoms with Crippen LogP contribution in [-0.4, -0.2) is 47.5 Å². The second kappa shape index (κ2) is 6.31. The lowest BCUT2D eigenvalue weighted by molar-refractivity contribution is 0.129. The van der Waals surface area contributed by atoms with Gasteiger partial charge in [-0.3, -0.25) is 9.80 Å². The lowest BCUT2D eigenvalue weighted by Crippen LogP contribution is -2.46. The first kappa shape index (κ1) is 13.5. The van der Waals surface area contributed by atoms with Crippen molar-refractivity contribution in [2.24, 2.45) is 0 Å². The summed E-state index contributed by atoms with van der Waals surface area (Å²) in [6.45, 7) is 6.12. The van der Waals surface area contributed by atoms with E-state index in [0.29, 0.717) is 6.42 Å². The van der Waals surface area contributed by atoms with Crippen LogP contribution in [0.1, 0.15) is 11.4 Å². The molecule has 104 valence electrons. The molecular formula is C15H18N4S. The fraction of sp³-hybridized carbons (Fsp3) is 0.467. The molecule has 0 spiro atoms. The van der Waals surface area contributed by atoms with E-state index >= 15 is 0 Å². The molecule has 1 aromatic heterocycles. The molecule has 4 nitrogen and oxygen atoms in total. The van der Waals surface area contributed by atoms with Crippen molar-refractivity contribution in [2.75, 3.05) is 32.7 Å². The molecule has 1 saturated heterocycles. The zero-order chi connectivity index (χ0) is 13.8. The van der Waals surface area contributed by atoms with Gasteiger partial charge in [-0.1, -0.05) is 12.1 Å². The predicted molar refractivity (Wildman–Crippen MR) is 81.6 cm³/mol. The summed E-state index contributed by atoms with van der Waals surface area (Å²) in [6, 6.07) is 10.5. The molecule has 1 aliphatic rings. The lowest BCUT2D eigenvalue weighted by atomic mass is 10.3. The van der Waals surface area contributed by atoms with Crippen LogP contribution in [0.3, 0.4) is 0 Å². The van der Waals surface area contributed by atoms with Gasteiger partial charge in [0.2, 0.25) is 0 Å². The minimum Gasteiger partial charge on any atom is -0.300 e. The number of rotatable bonds is 4. The first-order valence-electron chi connectivity index (χ1n) is 7.01. The van der Waals surface area contributed by atoms with Gasteiger partial charge in [-0.2, -0.15) is 5.26 Å². The first-order valence-corrected chi connectivity index (χ1v) is 7.83. The van der Waals surface area contributed by atoms with Gasteiger partial charge in [-0.05, 0) is 12.1 Å². The van der Waals surface area contributed by atoms with Crippen LogP contribution in [-0.2, 0) is 6.54 Å². The van der Waals surface area contributed by atoms with Crippen molar-refractivity contribution in [3.63, 3.8) is 0 Å². The van der Waals surface area contributed by atoms with Crippen LogP contribution in [0.2, 0.25) is 0 Å². The number of para-hydroxylation sites is 1. The molecule has 1 fully saturated rings. The molecule has 2 aromatic rings. The van der Waals surface area contributed by atoms with E-state index in [9.17, 15) is 0 Å². The first-order chi connectivity index (χ1) is 9.85. The monoisotopic (exact) mass is 286 g/mol. The van der Waals surface area contributed by atoms with Gasteiger partial charge in [-0.25, -0.2) is 4.98 Å². The summed E-state index contributed by atoms with van der Waals surface area (Å²) in [7, 11) is 0. The maximum Gasteiger partial charge on any atom is 0.108 e. The highest BCUT2D eigenvalue weighted by Crippen LogP contribution is 2.22. The van der Waals surface area contributed by atoms with Gasteiger partial charge in [0.1, 0.15) is 5.01 Å². The van der Waals surface area contributed by atoms with E-state index in [-0.39, 0.29) is 0 Å². The maximum absolute atomic E-state index is 8.62. The molecule has 5 heteroatoms. The Morgan fingerprint density at radius 2 is 1.90 bits per heavy atom. The van der Waals surface area contributed by atoms with E-state index in [1.165, 1.54) is 9.71 Å². The number of benzene rings is 1. The Morgan fingerprint density at radius 1 is 1.15 bits per heavy atom. The van der Waals surface area contributed by atoms with Gasteiger partial charge < -0.3 is 0 Å². The Balaban J connectivity index is 1.55. The number of piperazine rings is 1. The van der Waals surface area contributed by atoms with Gasteiger partial charge in [0.15, 0.2) is 0 Å². The molecular weight excluding hydrogens is 268 g/mol. The van der Waals surface area contributed by atoms with E-state index in [1.807, 2.05) is 6.07 Å². The minimum atomic E-state index is 0.637. The van der Waals surface area contributed by atoms with E-state index in [2.05, 4.69) is 34.1 Å². The van der Waals surface area contributed by atoms with Crippen molar-refractivity contribution in [2.45, 2.75) is 13.0 Å². The van der Waals surface area contributed by atoms with Gasteiger partial charge in [0.25, 0.3) is 0 Å². The highest BCUT2D eigenvalue weighted by molar-refractivity contribution is 7.18. The summed E-state index contributed by atoms with van der Waals surface area (Å²) in [5.41, 5.74) is 1.11. The van der Waals surface area contributed by atoms with Crippen LogP contribution in [0, 0.1) is 11.3 Å². The minimum absolute atomic E-state index is 0.637. The lowest BCUT2D eigenvalue weighted by Gasteiger charge is -2.33. The molecule has 3 rings (SSSR count). The Bertz CT molecular complexity index is 575. The Hall–Kier alpha value is -1.48. The van der Waals surface area contributed by atoms with Crippen molar-refractivity contribution in [1.29, 1.82) is 5.26 Å². The largest absolute Gasteiger partial charge is 0.300 e. The van der Waals surface area contributed by atoms with E-state index in [0.717, 1.165) is 44.8 Å². The molecule has 1 aliphatic heterocycles. The molecule has 0 saturated carbocycles. The molecule has 0 amide bonds. The third-order valence-electron chi connectivity index (χ3n) is 3.70. The summed E-state index contributed by atoms with van der Waals surface area (Å²) < 4.78 is 1.27. The van der Waals surface area contributed by atoms with Gasteiger partial charge >= 0.3 is 0 Å². The van der Waals surface area contributed by atoms with Gasteiger partial charge in [0.05, 0.1) is 22.8 Å². The number of nitriles is 1. The van der Waals surface area contributed by atoms with Crippen molar-refractivity contribution < 1.29 is 0 Å². The van der Waals surface area contributed by atoms with Gasteiger partial charge in [0, 0.05) is 39.1 Å². The summed E-state index contributed by atoms with van der Waals surface area (Å²) in [6.07, 6.45) is 0.637. The van der Waals surface area contributed by atoms with Crippen LogP contribution < -0.4 is 0 Å². The SMILES string of the molecule is N#CCCN1CCN(Cc2nc3ccccc3s2)CC1. The Morgan fingerprint density at radius 3 is 2.65 bits per heavy atom. The highest BCUT2D eigenvalue weighted by atomic mass is 32.1. The molecule has 0 unspecified atom stereocenters. The molecule has 20 heavy (non-hydrogen) atoms. The van der Waals surface area contributed by atoms with Crippen molar-refractivity contribution in [3.05, 3.63) is 29.3 Å². The van der Waals surface area contributed by atoms with Crippen molar-refractivity contribution >= 4 is 21.6 Å². The van der Waals surface area contributed by atoms with Gasteiger partial charge in [-0.15, -0.1) is 11.3 Å². The molecule has 0 bridgehead atoms. The number of hydrogen-bond acceptors (Lipinski definition) is 5. The topological polar surface area (TPSA) is 43.2 Å². The molecule has 0 atom stereocenters. The smallest absolute Gasteiger partial charge is 0.108 e. The zero-order valence-electron chi connectivity index (χ0n) is 11.5. The third kappa shape index (κ3) is 3.15. The molecule has 1 aromatic carbocycles. The number of aromatic nitrogens is 1. The van der Waals surface area contributed by atoms with Crippen molar-refractivity contribution in [1.82, 2.24) is 14.8 Å². The van der Waals surface area contributed by atoms with E-state index in [4.69, 9.17) is 10.2 Å². The van der Waals surface area contributed by atoms with Crippen LogP contribution in [0.5, 0.6) is 0 Å². The second-order valence-corrected chi connectivity index (χ2v) is 6.22. The normalized spacial score (nSPS) is 17.4. The van der Waals surface area contributed by atoms with E-state index in [1.54, 1.807) is 11.3 Å². The molecule has 2 heterocycles. The fourth-order valence-corrected chi connectivity index (χ4v) is 3.57. The fourth-order valence-electron chi connectivity index (χ4n) is 2.56. The van der Waals surface area contributed by atoms with Crippen LogP contribution in [0.4, 0.5) is 0 Å². The van der Waals surface area contributed by atoms with Crippen molar-refractivity contribution in [3.8, 4) is 6.07 Å². The number of hydrogen-bond donors (Lipinski definition) is 0. The second-order valence-electron chi connectivity index (χ2n) is 5.10. The maximum atomic E-state index is 8.62. The third-order valence-corrected chi connectivity index (χ3v) is 4.72.